The Morgan fingerprint density at radius 3 is 2.74 bits per heavy atom. The van der Waals surface area contributed by atoms with Crippen molar-refractivity contribution in [3.8, 4) is 11.4 Å². The van der Waals surface area contributed by atoms with Crippen molar-refractivity contribution in [1.29, 1.82) is 0 Å². The molecule has 0 bridgehead atoms. The third-order valence-electron chi connectivity index (χ3n) is 4.46. The molecule has 1 saturated heterocycles. The van der Waals surface area contributed by atoms with Crippen molar-refractivity contribution in [2.75, 3.05) is 11.9 Å². The zero-order valence-corrected chi connectivity index (χ0v) is 15.4. The number of anilines is 1. The van der Waals surface area contributed by atoms with Crippen LogP contribution in [0.1, 0.15) is 12.0 Å². The van der Waals surface area contributed by atoms with Gasteiger partial charge in [-0.15, -0.1) is 11.3 Å². The summed E-state index contributed by atoms with van der Waals surface area (Å²) in [6.45, 7) is 0.961. The van der Waals surface area contributed by atoms with E-state index in [1.54, 1.807) is 11.1 Å². The number of rotatable bonds is 5. The second-order valence-corrected chi connectivity index (χ2v) is 7.26. The average molecular weight is 378 g/mol. The molecule has 3 heterocycles. The van der Waals surface area contributed by atoms with Gasteiger partial charge in [0.2, 0.25) is 11.8 Å². The molecule has 27 heavy (non-hydrogen) atoms. The van der Waals surface area contributed by atoms with Crippen LogP contribution in [0.3, 0.4) is 0 Å². The van der Waals surface area contributed by atoms with Gasteiger partial charge < -0.3 is 10.2 Å². The molecule has 1 aliphatic rings. The Hall–Kier alpha value is -3.06. The van der Waals surface area contributed by atoms with E-state index in [0.717, 1.165) is 17.0 Å². The van der Waals surface area contributed by atoms with Crippen molar-refractivity contribution in [3.63, 3.8) is 0 Å². The Balaban J connectivity index is 1.38. The lowest BCUT2D eigenvalue weighted by atomic mass is 10.1. The highest BCUT2D eigenvalue weighted by atomic mass is 32.1. The van der Waals surface area contributed by atoms with Gasteiger partial charge in [-0.2, -0.15) is 0 Å². The molecule has 1 N–H and O–H groups in total. The van der Waals surface area contributed by atoms with Gasteiger partial charge in [-0.25, -0.2) is 4.98 Å². The summed E-state index contributed by atoms with van der Waals surface area (Å²) >= 11 is 1.35. The van der Waals surface area contributed by atoms with Crippen LogP contribution in [0.2, 0.25) is 0 Å². The van der Waals surface area contributed by atoms with E-state index in [0.29, 0.717) is 18.2 Å². The van der Waals surface area contributed by atoms with E-state index in [1.165, 1.54) is 11.3 Å². The zero-order chi connectivity index (χ0) is 18.6. The molecule has 1 aliphatic heterocycles. The molecule has 1 atom stereocenters. The van der Waals surface area contributed by atoms with E-state index in [4.69, 9.17) is 0 Å². The first-order valence-electron chi connectivity index (χ1n) is 8.68. The van der Waals surface area contributed by atoms with Gasteiger partial charge in [0.15, 0.2) is 5.13 Å². The molecule has 7 heteroatoms. The first-order chi connectivity index (χ1) is 13.2. The number of nitrogens with zero attached hydrogens (tertiary/aromatic N) is 3. The number of carbonyl (C=O) groups excluding carboxylic acids is 2. The second-order valence-electron chi connectivity index (χ2n) is 6.40. The maximum atomic E-state index is 12.6. The first kappa shape index (κ1) is 17.4. The lowest BCUT2D eigenvalue weighted by Crippen LogP contribution is -2.28. The molecule has 1 unspecified atom stereocenters. The number of benzene rings is 1. The molecule has 0 saturated carbocycles. The smallest absolute Gasteiger partial charge is 0.231 e. The molecule has 0 radical (unpaired) electrons. The van der Waals surface area contributed by atoms with E-state index in [1.807, 2.05) is 53.9 Å². The number of nitrogens with one attached hydrogen (secondary N) is 1. The molecule has 2 aromatic heterocycles. The van der Waals surface area contributed by atoms with Crippen molar-refractivity contribution < 1.29 is 9.59 Å². The number of thiazole rings is 1. The maximum Gasteiger partial charge on any atom is 0.231 e. The lowest BCUT2D eigenvalue weighted by molar-refractivity contribution is -0.128. The van der Waals surface area contributed by atoms with E-state index >= 15 is 0 Å². The molecule has 3 aromatic rings. The third kappa shape index (κ3) is 4.03. The molecule has 1 aromatic carbocycles. The molecule has 0 spiro atoms. The van der Waals surface area contributed by atoms with E-state index < -0.39 is 0 Å². The van der Waals surface area contributed by atoms with Crippen LogP contribution in [0.4, 0.5) is 5.13 Å². The lowest BCUT2D eigenvalue weighted by Gasteiger charge is -2.16. The monoisotopic (exact) mass is 378 g/mol. The number of aromatic nitrogens is 2. The Bertz CT molecular complexity index is 943. The summed E-state index contributed by atoms with van der Waals surface area (Å²) in [6, 6.07) is 15.4. The molecule has 1 fully saturated rings. The minimum absolute atomic E-state index is 0.00677. The predicted molar refractivity (Wildman–Crippen MR) is 104 cm³/mol. The van der Waals surface area contributed by atoms with Gasteiger partial charge in [0, 0.05) is 31.1 Å². The van der Waals surface area contributed by atoms with Crippen LogP contribution in [0.25, 0.3) is 11.4 Å². The van der Waals surface area contributed by atoms with Gasteiger partial charge in [-0.05, 0) is 17.7 Å². The van der Waals surface area contributed by atoms with Crippen molar-refractivity contribution in [2.24, 2.45) is 5.92 Å². The second kappa shape index (κ2) is 7.67. The van der Waals surface area contributed by atoms with Crippen LogP contribution in [-0.4, -0.2) is 33.2 Å². The summed E-state index contributed by atoms with van der Waals surface area (Å²) < 4.78 is 0. The summed E-state index contributed by atoms with van der Waals surface area (Å²) in [5.41, 5.74) is 2.55. The number of pyridine rings is 1. The topological polar surface area (TPSA) is 75.2 Å². The fraction of sp³-hybridized carbons (Fsp3) is 0.200. The van der Waals surface area contributed by atoms with Gasteiger partial charge in [-0.1, -0.05) is 36.4 Å². The fourth-order valence-corrected chi connectivity index (χ4v) is 3.78. The Labute approximate surface area is 160 Å². The first-order valence-corrected chi connectivity index (χ1v) is 9.56. The van der Waals surface area contributed by atoms with Crippen LogP contribution in [0, 0.1) is 5.92 Å². The van der Waals surface area contributed by atoms with Gasteiger partial charge in [0.25, 0.3) is 0 Å². The number of hydrogen-bond acceptors (Lipinski definition) is 5. The highest BCUT2D eigenvalue weighted by Gasteiger charge is 2.34. The normalized spacial score (nSPS) is 16.5. The average Bonchev–Trinajstić information content (AvgIpc) is 3.30. The van der Waals surface area contributed by atoms with Crippen molar-refractivity contribution in [2.45, 2.75) is 13.0 Å². The molecular formula is C20H18N4O2S. The van der Waals surface area contributed by atoms with Crippen LogP contribution in [0.15, 0.2) is 60.1 Å². The van der Waals surface area contributed by atoms with E-state index in [-0.39, 0.29) is 24.2 Å². The van der Waals surface area contributed by atoms with Crippen LogP contribution >= 0.6 is 11.3 Å². The van der Waals surface area contributed by atoms with Crippen LogP contribution in [0.5, 0.6) is 0 Å². The fourth-order valence-electron chi connectivity index (χ4n) is 3.07. The number of carbonyl (C=O) groups is 2. The summed E-state index contributed by atoms with van der Waals surface area (Å²) in [7, 11) is 0. The van der Waals surface area contributed by atoms with Gasteiger partial charge in [-0.3, -0.25) is 14.6 Å². The minimum atomic E-state index is -0.358. The molecule has 0 aliphatic carbocycles. The SMILES string of the molecule is O=C(Nc1nc(-c2ccccn2)cs1)C1CC(=O)N(Cc2ccccc2)C1. The van der Waals surface area contributed by atoms with Gasteiger partial charge in [0.1, 0.15) is 5.69 Å². The zero-order valence-electron chi connectivity index (χ0n) is 14.5. The Morgan fingerprint density at radius 2 is 1.96 bits per heavy atom. The van der Waals surface area contributed by atoms with Crippen molar-refractivity contribution in [3.05, 3.63) is 65.7 Å². The van der Waals surface area contributed by atoms with Crippen molar-refractivity contribution >= 4 is 28.3 Å². The maximum absolute atomic E-state index is 12.6. The van der Waals surface area contributed by atoms with Gasteiger partial charge >= 0.3 is 0 Å². The third-order valence-corrected chi connectivity index (χ3v) is 5.22. The quantitative estimate of drug-likeness (QED) is 0.740. The Morgan fingerprint density at radius 1 is 1.15 bits per heavy atom. The standard InChI is InChI=1S/C20H18N4O2S/c25-18-10-15(12-24(18)11-14-6-2-1-3-7-14)19(26)23-20-22-17(13-27-20)16-8-4-5-9-21-16/h1-9,13,15H,10-12H2,(H,22,23,26). The van der Waals surface area contributed by atoms with E-state index in [9.17, 15) is 9.59 Å². The largest absolute Gasteiger partial charge is 0.338 e. The van der Waals surface area contributed by atoms with Crippen LogP contribution in [-0.2, 0) is 16.1 Å². The highest BCUT2D eigenvalue weighted by molar-refractivity contribution is 7.14. The molecular weight excluding hydrogens is 360 g/mol. The number of likely N-dealkylation sites (tertiary alicyclic amines) is 1. The van der Waals surface area contributed by atoms with Crippen molar-refractivity contribution in [1.82, 2.24) is 14.9 Å². The molecule has 6 nitrogen and oxygen atoms in total. The molecule has 4 rings (SSSR count). The minimum Gasteiger partial charge on any atom is -0.338 e. The highest BCUT2D eigenvalue weighted by Crippen LogP contribution is 2.26. The van der Waals surface area contributed by atoms with E-state index in [2.05, 4.69) is 15.3 Å². The predicted octanol–water partition coefficient (Wildman–Crippen LogP) is 3.19. The van der Waals surface area contributed by atoms with Crippen LogP contribution < -0.4 is 5.32 Å². The summed E-state index contributed by atoms with van der Waals surface area (Å²) in [4.78, 5) is 35.2. The number of amides is 2. The summed E-state index contributed by atoms with van der Waals surface area (Å²) in [6.07, 6.45) is 1.94. The molecule has 136 valence electrons. The summed E-state index contributed by atoms with van der Waals surface area (Å²) in [5.74, 6) is -0.517. The summed E-state index contributed by atoms with van der Waals surface area (Å²) in [5, 5.41) is 5.22. The number of hydrogen-bond donors (Lipinski definition) is 1. The van der Waals surface area contributed by atoms with Gasteiger partial charge in [0.05, 0.1) is 11.6 Å². The Kier molecular flexibility index (Phi) is 4.93. The molecule has 2 amide bonds.